The van der Waals surface area contributed by atoms with Crippen LogP contribution in [-0.2, 0) is 17.8 Å². The average molecular weight is 360 g/mol. The van der Waals surface area contributed by atoms with Crippen molar-refractivity contribution in [2.24, 2.45) is 0 Å². The van der Waals surface area contributed by atoms with Crippen molar-refractivity contribution in [3.63, 3.8) is 0 Å². The molecule has 0 bridgehead atoms. The van der Waals surface area contributed by atoms with E-state index in [0.717, 1.165) is 12.1 Å². The van der Waals surface area contributed by atoms with E-state index in [1.165, 1.54) is 12.3 Å². The minimum Gasteiger partial charge on any atom is -0.441 e. The van der Waals surface area contributed by atoms with Gasteiger partial charge in [-0.15, -0.1) is 0 Å². The second kappa shape index (κ2) is 7.90. The molecule has 2 heterocycles. The Labute approximate surface area is 148 Å². The molecule has 0 aliphatic rings. The molecule has 0 saturated carbocycles. The number of rotatable bonds is 7. The summed E-state index contributed by atoms with van der Waals surface area (Å²) in [5.41, 5.74) is 0.128. The number of carbonyl (C=O) groups is 1. The molecule has 0 saturated heterocycles. The van der Waals surface area contributed by atoms with Gasteiger partial charge in [-0.05, 0) is 19.1 Å². The van der Waals surface area contributed by atoms with Crippen molar-refractivity contribution in [1.29, 1.82) is 0 Å². The quantitative estimate of drug-likeness (QED) is 0.703. The van der Waals surface area contributed by atoms with E-state index in [0.29, 0.717) is 12.4 Å². The molecular weight excluding hydrogens is 342 g/mol. The monoisotopic (exact) mass is 360 g/mol. The van der Waals surface area contributed by atoms with Gasteiger partial charge in [0.05, 0.1) is 18.1 Å². The molecule has 0 radical (unpaired) electrons. The topological polar surface area (TPSA) is 73.0 Å². The number of nitrogens with zero attached hydrogens (tertiary/aromatic N) is 3. The first kappa shape index (κ1) is 17.8. The van der Waals surface area contributed by atoms with E-state index in [1.54, 1.807) is 12.5 Å². The first-order valence-corrected chi connectivity index (χ1v) is 8.16. The van der Waals surface area contributed by atoms with Crippen molar-refractivity contribution >= 4 is 5.91 Å². The number of amides is 1. The smallest absolute Gasteiger partial charge is 0.220 e. The van der Waals surface area contributed by atoms with Gasteiger partial charge in [0.2, 0.25) is 5.91 Å². The van der Waals surface area contributed by atoms with Gasteiger partial charge in [0.15, 0.2) is 11.7 Å². The lowest BCUT2D eigenvalue weighted by Gasteiger charge is -2.14. The Bertz CT molecular complexity index is 877. The van der Waals surface area contributed by atoms with Crippen LogP contribution in [-0.4, -0.2) is 26.5 Å². The highest BCUT2D eigenvalue weighted by Crippen LogP contribution is 2.24. The fourth-order valence-corrected chi connectivity index (χ4v) is 2.56. The van der Waals surface area contributed by atoms with E-state index in [4.69, 9.17) is 4.42 Å². The van der Waals surface area contributed by atoms with Crippen LogP contribution in [0.3, 0.4) is 0 Å². The van der Waals surface area contributed by atoms with E-state index in [-0.39, 0.29) is 36.1 Å². The zero-order valence-corrected chi connectivity index (χ0v) is 14.2. The molecule has 1 N–H and O–H groups in total. The van der Waals surface area contributed by atoms with Crippen molar-refractivity contribution in [1.82, 2.24) is 19.9 Å². The van der Waals surface area contributed by atoms with Crippen molar-refractivity contribution in [2.45, 2.75) is 32.4 Å². The van der Waals surface area contributed by atoms with Crippen LogP contribution in [0.25, 0.3) is 11.3 Å². The lowest BCUT2D eigenvalue weighted by atomic mass is 10.2. The number of aromatic nitrogens is 3. The minimum absolute atomic E-state index is 0.0508. The number of hydrogen-bond donors (Lipinski definition) is 1. The number of carbonyl (C=O) groups excluding carboxylic acids is 1. The van der Waals surface area contributed by atoms with Gasteiger partial charge in [-0.1, -0.05) is 0 Å². The Morgan fingerprint density at radius 3 is 2.96 bits per heavy atom. The molecule has 1 atom stereocenters. The Balaban J connectivity index is 1.52. The fraction of sp³-hybridized carbons (Fsp3) is 0.278. The number of hydrogen-bond acceptors (Lipinski definition) is 4. The number of halogens is 2. The molecule has 0 aliphatic heterocycles. The van der Waals surface area contributed by atoms with Crippen molar-refractivity contribution < 1.29 is 18.0 Å². The van der Waals surface area contributed by atoms with Crippen molar-refractivity contribution in [3.05, 3.63) is 60.6 Å². The summed E-state index contributed by atoms with van der Waals surface area (Å²) in [6, 6.07) is 3.17. The van der Waals surface area contributed by atoms with Crippen molar-refractivity contribution in [3.8, 4) is 11.3 Å². The Kier molecular flexibility index (Phi) is 5.40. The van der Waals surface area contributed by atoms with Crippen LogP contribution in [0.4, 0.5) is 8.78 Å². The maximum absolute atomic E-state index is 13.8. The number of imidazole rings is 1. The van der Waals surface area contributed by atoms with Gasteiger partial charge in [-0.3, -0.25) is 4.79 Å². The summed E-state index contributed by atoms with van der Waals surface area (Å²) in [6.07, 6.45) is 7.04. The van der Waals surface area contributed by atoms with Gasteiger partial charge in [0.1, 0.15) is 11.6 Å². The molecule has 1 amide bonds. The Hall–Kier alpha value is -3.03. The van der Waals surface area contributed by atoms with Gasteiger partial charge < -0.3 is 14.3 Å². The molecule has 8 heteroatoms. The maximum Gasteiger partial charge on any atom is 0.220 e. The van der Waals surface area contributed by atoms with E-state index < -0.39 is 11.6 Å². The molecule has 1 aromatic carbocycles. The van der Waals surface area contributed by atoms with Crippen LogP contribution in [0.5, 0.6) is 0 Å². The molecule has 3 aromatic rings. The second-order valence-corrected chi connectivity index (χ2v) is 5.97. The van der Waals surface area contributed by atoms with Gasteiger partial charge in [0, 0.05) is 43.9 Å². The summed E-state index contributed by atoms with van der Waals surface area (Å²) in [5.74, 6) is -0.996. The first-order valence-electron chi connectivity index (χ1n) is 8.16. The minimum atomic E-state index is -0.723. The molecule has 6 nitrogen and oxygen atoms in total. The molecule has 136 valence electrons. The lowest BCUT2D eigenvalue weighted by molar-refractivity contribution is -0.121. The standard InChI is InChI=1S/C18H18F2N4O2/c1-12(10-24-7-6-21-11-24)23-17(25)4-5-18-22-9-16(26-18)14-3-2-13(19)8-15(14)20/h2-3,6-9,11-12H,4-5,10H2,1H3,(H,23,25). The van der Waals surface area contributed by atoms with Crippen LogP contribution in [0.1, 0.15) is 19.2 Å². The predicted octanol–water partition coefficient (Wildman–Crippen LogP) is 2.95. The van der Waals surface area contributed by atoms with Crippen LogP contribution in [0.15, 0.2) is 47.5 Å². The molecule has 0 spiro atoms. The van der Waals surface area contributed by atoms with Gasteiger partial charge >= 0.3 is 0 Å². The van der Waals surface area contributed by atoms with Crippen LogP contribution in [0.2, 0.25) is 0 Å². The number of oxazole rings is 1. The third-order valence-electron chi connectivity index (χ3n) is 3.77. The molecule has 26 heavy (non-hydrogen) atoms. The zero-order chi connectivity index (χ0) is 18.5. The van der Waals surface area contributed by atoms with E-state index in [1.807, 2.05) is 17.7 Å². The Morgan fingerprint density at radius 2 is 2.23 bits per heavy atom. The van der Waals surface area contributed by atoms with Crippen LogP contribution >= 0.6 is 0 Å². The average Bonchev–Trinajstić information content (AvgIpc) is 3.24. The lowest BCUT2D eigenvalue weighted by Crippen LogP contribution is -2.35. The maximum atomic E-state index is 13.8. The molecular formula is C18H18F2N4O2. The SMILES string of the molecule is CC(Cn1ccnc1)NC(=O)CCc1ncc(-c2ccc(F)cc2F)o1. The summed E-state index contributed by atoms with van der Waals surface area (Å²) in [4.78, 5) is 20.0. The zero-order valence-electron chi connectivity index (χ0n) is 14.2. The number of benzene rings is 1. The summed E-state index contributed by atoms with van der Waals surface area (Å²) < 4.78 is 34.1. The van der Waals surface area contributed by atoms with E-state index in [2.05, 4.69) is 15.3 Å². The summed E-state index contributed by atoms with van der Waals surface area (Å²) >= 11 is 0. The molecule has 0 aliphatic carbocycles. The molecule has 1 unspecified atom stereocenters. The molecule has 3 rings (SSSR count). The van der Waals surface area contributed by atoms with Gasteiger partial charge in [-0.2, -0.15) is 0 Å². The molecule has 2 aromatic heterocycles. The Morgan fingerprint density at radius 1 is 1.38 bits per heavy atom. The summed E-state index contributed by atoms with van der Waals surface area (Å²) in [5, 5.41) is 2.88. The van der Waals surface area contributed by atoms with Crippen LogP contribution < -0.4 is 5.32 Å². The normalized spacial score (nSPS) is 12.1. The summed E-state index contributed by atoms with van der Waals surface area (Å²) in [6.45, 7) is 2.52. The van der Waals surface area contributed by atoms with Gasteiger partial charge in [-0.25, -0.2) is 18.7 Å². The van der Waals surface area contributed by atoms with Crippen molar-refractivity contribution in [2.75, 3.05) is 0 Å². The molecule has 0 fully saturated rings. The number of aryl methyl sites for hydroxylation is 1. The third kappa shape index (κ3) is 4.53. The highest BCUT2D eigenvalue weighted by atomic mass is 19.1. The van der Waals surface area contributed by atoms with E-state index in [9.17, 15) is 13.6 Å². The fourth-order valence-electron chi connectivity index (χ4n) is 2.56. The van der Waals surface area contributed by atoms with E-state index >= 15 is 0 Å². The first-order chi connectivity index (χ1) is 12.5. The second-order valence-electron chi connectivity index (χ2n) is 5.97. The largest absolute Gasteiger partial charge is 0.441 e. The highest BCUT2D eigenvalue weighted by Gasteiger charge is 2.14. The summed E-state index contributed by atoms with van der Waals surface area (Å²) in [7, 11) is 0. The highest BCUT2D eigenvalue weighted by molar-refractivity contribution is 5.76. The predicted molar refractivity (Wildman–Crippen MR) is 90.0 cm³/mol. The van der Waals surface area contributed by atoms with Crippen LogP contribution in [0, 0.1) is 11.6 Å². The third-order valence-corrected chi connectivity index (χ3v) is 3.77. The number of nitrogens with one attached hydrogen (secondary N) is 1. The van der Waals surface area contributed by atoms with Gasteiger partial charge in [0.25, 0.3) is 0 Å².